The van der Waals surface area contributed by atoms with Gasteiger partial charge in [-0.15, -0.1) is 0 Å². The number of carbonyl (C=O) groups excluding carboxylic acids is 1. The second-order valence-electron chi connectivity index (χ2n) is 6.23. The number of amides is 1. The van der Waals surface area contributed by atoms with Crippen LogP contribution in [-0.4, -0.2) is 57.4 Å². The molecule has 2 atom stereocenters. The number of aromatic amines is 1. The largest absolute Gasteiger partial charge is 0.345 e. The molecule has 1 amide bonds. The number of rotatable bonds is 1. The number of H-pyrrole nitrogens is 1. The van der Waals surface area contributed by atoms with E-state index in [0.717, 1.165) is 29.7 Å². The topological polar surface area (TPSA) is 52.2 Å². The third-order valence-electron chi connectivity index (χ3n) is 4.87. The van der Waals surface area contributed by atoms with Gasteiger partial charge in [-0.1, -0.05) is 0 Å². The van der Waals surface area contributed by atoms with E-state index in [4.69, 9.17) is 0 Å². The van der Waals surface area contributed by atoms with Crippen molar-refractivity contribution in [2.45, 2.75) is 31.8 Å². The Morgan fingerprint density at radius 3 is 3.19 bits per heavy atom. The highest BCUT2D eigenvalue weighted by atomic mass is 16.2. The van der Waals surface area contributed by atoms with Crippen molar-refractivity contribution >= 4 is 16.9 Å². The average molecular weight is 284 g/mol. The van der Waals surface area contributed by atoms with E-state index < -0.39 is 0 Å². The number of hydrogen-bond acceptors (Lipinski definition) is 3. The van der Waals surface area contributed by atoms with Gasteiger partial charge in [0.2, 0.25) is 0 Å². The maximum absolute atomic E-state index is 12.8. The molecule has 2 aromatic rings. The first-order chi connectivity index (χ1) is 10.2. The van der Waals surface area contributed by atoms with Crippen LogP contribution in [0, 0.1) is 0 Å². The summed E-state index contributed by atoms with van der Waals surface area (Å²) in [7, 11) is 0. The fourth-order valence-corrected chi connectivity index (χ4v) is 3.70. The Balaban J connectivity index is 1.60. The summed E-state index contributed by atoms with van der Waals surface area (Å²) in [4.78, 5) is 24.7. The molecule has 5 heteroatoms. The van der Waals surface area contributed by atoms with E-state index in [0.29, 0.717) is 6.04 Å². The van der Waals surface area contributed by atoms with E-state index in [1.807, 2.05) is 23.1 Å². The zero-order chi connectivity index (χ0) is 14.4. The lowest BCUT2D eigenvalue weighted by molar-refractivity contribution is 0.0395. The van der Waals surface area contributed by atoms with Crippen molar-refractivity contribution < 1.29 is 4.79 Å². The molecular formula is C16H20N4O. The minimum Gasteiger partial charge on any atom is -0.345 e. The van der Waals surface area contributed by atoms with Gasteiger partial charge >= 0.3 is 0 Å². The van der Waals surface area contributed by atoms with Crippen LogP contribution in [0.4, 0.5) is 0 Å². The number of aromatic nitrogens is 2. The second-order valence-corrected chi connectivity index (χ2v) is 6.23. The van der Waals surface area contributed by atoms with Crippen LogP contribution >= 0.6 is 0 Å². The molecule has 21 heavy (non-hydrogen) atoms. The molecule has 0 radical (unpaired) electrons. The molecule has 2 unspecified atom stereocenters. The number of hydrogen-bond donors (Lipinski definition) is 1. The minimum atomic E-state index is 0.144. The minimum absolute atomic E-state index is 0.144. The summed E-state index contributed by atoms with van der Waals surface area (Å²) in [6.45, 7) is 5.21. The van der Waals surface area contributed by atoms with Gasteiger partial charge in [0.05, 0.1) is 17.4 Å². The molecule has 1 N–H and O–H groups in total. The van der Waals surface area contributed by atoms with Crippen LogP contribution in [0.3, 0.4) is 0 Å². The Kier molecular flexibility index (Phi) is 2.96. The van der Waals surface area contributed by atoms with Gasteiger partial charge in [0.15, 0.2) is 0 Å². The van der Waals surface area contributed by atoms with E-state index in [-0.39, 0.29) is 11.9 Å². The Morgan fingerprint density at radius 2 is 2.29 bits per heavy atom. The van der Waals surface area contributed by atoms with Crippen molar-refractivity contribution in [1.82, 2.24) is 19.8 Å². The Labute approximate surface area is 123 Å². The van der Waals surface area contributed by atoms with Crippen LogP contribution in [0.5, 0.6) is 0 Å². The first kappa shape index (κ1) is 12.8. The number of nitrogens with zero attached hydrogens (tertiary/aromatic N) is 3. The summed E-state index contributed by atoms with van der Waals surface area (Å²) in [5.41, 5.74) is 2.58. The zero-order valence-electron chi connectivity index (χ0n) is 12.2. The van der Waals surface area contributed by atoms with Gasteiger partial charge in [0.25, 0.3) is 5.91 Å². The number of nitrogens with one attached hydrogen (secondary N) is 1. The SMILES string of the molecule is CC1CN2CCCC2CN1C(=O)c1ccc2nc[nH]c2c1. The summed E-state index contributed by atoms with van der Waals surface area (Å²) < 4.78 is 0. The van der Waals surface area contributed by atoms with Gasteiger partial charge in [-0.05, 0) is 44.5 Å². The summed E-state index contributed by atoms with van der Waals surface area (Å²) in [6, 6.07) is 6.55. The van der Waals surface area contributed by atoms with Gasteiger partial charge in [0.1, 0.15) is 0 Å². The molecule has 2 saturated heterocycles. The molecular weight excluding hydrogens is 264 g/mol. The number of piperazine rings is 1. The number of fused-ring (bicyclic) bond motifs is 2. The zero-order valence-corrected chi connectivity index (χ0v) is 12.2. The summed E-state index contributed by atoms with van der Waals surface area (Å²) >= 11 is 0. The first-order valence-electron chi connectivity index (χ1n) is 7.70. The lowest BCUT2D eigenvalue weighted by Gasteiger charge is -2.42. The molecule has 0 spiro atoms. The van der Waals surface area contributed by atoms with Crippen LogP contribution in [-0.2, 0) is 0 Å². The highest BCUT2D eigenvalue weighted by Gasteiger charge is 2.36. The molecule has 0 saturated carbocycles. The van der Waals surface area contributed by atoms with E-state index in [2.05, 4.69) is 21.8 Å². The molecule has 4 rings (SSSR count). The van der Waals surface area contributed by atoms with E-state index in [1.54, 1.807) is 6.33 Å². The Hall–Kier alpha value is -1.88. The van der Waals surface area contributed by atoms with Crippen LogP contribution < -0.4 is 0 Å². The van der Waals surface area contributed by atoms with Crippen molar-refractivity contribution in [3.05, 3.63) is 30.1 Å². The van der Waals surface area contributed by atoms with Crippen molar-refractivity contribution in [3.63, 3.8) is 0 Å². The van der Waals surface area contributed by atoms with Crippen LogP contribution in [0.15, 0.2) is 24.5 Å². The highest BCUT2D eigenvalue weighted by molar-refractivity contribution is 5.97. The molecule has 3 heterocycles. The molecule has 1 aromatic carbocycles. The maximum atomic E-state index is 12.8. The second kappa shape index (κ2) is 4.84. The summed E-state index contributed by atoms with van der Waals surface area (Å²) in [5.74, 6) is 0.144. The molecule has 1 aromatic heterocycles. The summed E-state index contributed by atoms with van der Waals surface area (Å²) in [6.07, 6.45) is 4.15. The smallest absolute Gasteiger partial charge is 0.254 e. The monoisotopic (exact) mass is 284 g/mol. The Bertz CT molecular complexity index is 680. The van der Waals surface area contributed by atoms with Crippen molar-refractivity contribution in [2.24, 2.45) is 0 Å². The summed E-state index contributed by atoms with van der Waals surface area (Å²) in [5, 5.41) is 0. The van der Waals surface area contributed by atoms with Crippen LogP contribution in [0.1, 0.15) is 30.1 Å². The fourth-order valence-electron chi connectivity index (χ4n) is 3.70. The number of imidazole rings is 1. The number of carbonyl (C=O) groups is 1. The van der Waals surface area contributed by atoms with Gasteiger partial charge in [0, 0.05) is 30.7 Å². The molecule has 0 aliphatic carbocycles. The first-order valence-corrected chi connectivity index (χ1v) is 7.70. The standard InChI is InChI=1S/C16H20N4O/c1-11-8-19-6-2-3-13(19)9-20(11)16(21)12-4-5-14-15(7-12)18-10-17-14/h4-5,7,10-11,13H,2-3,6,8-9H2,1H3,(H,17,18). The quantitative estimate of drug-likeness (QED) is 0.870. The third kappa shape index (κ3) is 2.12. The molecule has 2 aliphatic rings. The predicted octanol–water partition coefficient (Wildman–Crippen LogP) is 1.87. The maximum Gasteiger partial charge on any atom is 0.254 e. The average Bonchev–Trinajstić information content (AvgIpc) is 3.12. The van der Waals surface area contributed by atoms with Gasteiger partial charge in [-0.2, -0.15) is 0 Å². The van der Waals surface area contributed by atoms with Crippen LogP contribution in [0.2, 0.25) is 0 Å². The third-order valence-corrected chi connectivity index (χ3v) is 4.87. The molecule has 110 valence electrons. The van der Waals surface area contributed by atoms with Crippen molar-refractivity contribution in [3.8, 4) is 0 Å². The predicted molar refractivity (Wildman–Crippen MR) is 81.2 cm³/mol. The molecule has 2 fully saturated rings. The van der Waals surface area contributed by atoms with Gasteiger partial charge < -0.3 is 9.88 Å². The highest BCUT2D eigenvalue weighted by Crippen LogP contribution is 2.26. The molecule has 5 nitrogen and oxygen atoms in total. The van der Waals surface area contributed by atoms with Gasteiger partial charge in [-0.25, -0.2) is 4.98 Å². The fraction of sp³-hybridized carbons (Fsp3) is 0.500. The van der Waals surface area contributed by atoms with E-state index in [9.17, 15) is 4.79 Å². The van der Waals surface area contributed by atoms with Gasteiger partial charge in [-0.3, -0.25) is 9.69 Å². The van der Waals surface area contributed by atoms with Crippen molar-refractivity contribution in [1.29, 1.82) is 0 Å². The Morgan fingerprint density at radius 1 is 1.38 bits per heavy atom. The van der Waals surface area contributed by atoms with E-state index in [1.165, 1.54) is 19.4 Å². The normalized spacial score (nSPS) is 26.2. The molecule has 0 bridgehead atoms. The molecule has 2 aliphatic heterocycles. The lowest BCUT2D eigenvalue weighted by atomic mass is 10.1. The van der Waals surface area contributed by atoms with E-state index >= 15 is 0 Å². The van der Waals surface area contributed by atoms with Crippen LogP contribution in [0.25, 0.3) is 11.0 Å². The number of benzene rings is 1. The lowest BCUT2D eigenvalue weighted by Crippen LogP contribution is -2.56. The van der Waals surface area contributed by atoms with Crippen molar-refractivity contribution in [2.75, 3.05) is 19.6 Å².